The number of hydrogen-bond acceptors (Lipinski definition) is 4. The Bertz CT molecular complexity index is 234. The first-order valence-electron chi connectivity index (χ1n) is 5.19. The fourth-order valence-corrected chi connectivity index (χ4v) is 5.11. The molecule has 2 aliphatic rings. The number of rotatable bonds is 4. The lowest BCUT2D eigenvalue weighted by atomic mass is 10.0. The molecule has 0 unspecified atom stereocenters. The number of carbonyl (C=O) groups excluding carboxylic acids is 1. The Morgan fingerprint density at radius 1 is 1.50 bits per heavy atom. The fourth-order valence-electron chi connectivity index (χ4n) is 1.97. The van der Waals surface area contributed by atoms with Gasteiger partial charge in [-0.25, -0.2) is 0 Å². The molecule has 0 amide bonds. The lowest BCUT2D eigenvalue weighted by Crippen LogP contribution is -2.46. The number of ketones is 1. The number of Topliss-reactive ketones (excluding diaryl/α,β-unsaturated/α-hetero) is 1. The molecule has 1 aliphatic heterocycles. The Morgan fingerprint density at radius 2 is 2.07 bits per heavy atom. The Labute approximate surface area is 93.8 Å². The SMILES string of the molecule is CC(=O)C1([C@@H](N)CC2CC2)SCCS1. The van der Waals surface area contributed by atoms with Gasteiger partial charge >= 0.3 is 0 Å². The molecule has 2 rings (SSSR count). The largest absolute Gasteiger partial charge is 0.325 e. The molecule has 0 radical (unpaired) electrons. The minimum Gasteiger partial charge on any atom is -0.325 e. The molecule has 0 spiro atoms. The second-order valence-electron chi connectivity index (χ2n) is 4.21. The second-order valence-corrected chi connectivity index (χ2v) is 7.15. The molecule has 2 N–H and O–H groups in total. The van der Waals surface area contributed by atoms with Gasteiger partial charge in [0.25, 0.3) is 0 Å². The van der Waals surface area contributed by atoms with Crippen LogP contribution in [0, 0.1) is 5.92 Å². The fraction of sp³-hybridized carbons (Fsp3) is 0.900. The molecule has 80 valence electrons. The van der Waals surface area contributed by atoms with Crippen LogP contribution in [0.4, 0.5) is 0 Å². The molecule has 4 heteroatoms. The van der Waals surface area contributed by atoms with Crippen molar-refractivity contribution in [1.82, 2.24) is 0 Å². The number of thioether (sulfide) groups is 2. The number of hydrogen-bond donors (Lipinski definition) is 1. The third kappa shape index (κ3) is 1.97. The van der Waals surface area contributed by atoms with Crippen LogP contribution in [0.2, 0.25) is 0 Å². The van der Waals surface area contributed by atoms with Gasteiger partial charge in [-0.05, 0) is 19.3 Å². The Balaban J connectivity index is 2.04. The van der Waals surface area contributed by atoms with Gasteiger partial charge in [0.05, 0.1) is 0 Å². The van der Waals surface area contributed by atoms with Crippen LogP contribution in [0.5, 0.6) is 0 Å². The molecule has 0 aromatic rings. The molecule has 1 aliphatic carbocycles. The average molecular weight is 231 g/mol. The quantitative estimate of drug-likeness (QED) is 0.802. The molecule has 1 atom stereocenters. The Kier molecular flexibility index (Phi) is 3.15. The monoisotopic (exact) mass is 231 g/mol. The molecule has 14 heavy (non-hydrogen) atoms. The first kappa shape index (κ1) is 10.8. The van der Waals surface area contributed by atoms with Crippen LogP contribution in [-0.2, 0) is 4.79 Å². The van der Waals surface area contributed by atoms with Crippen molar-refractivity contribution in [1.29, 1.82) is 0 Å². The Hall–Kier alpha value is 0.330. The highest BCUT2D eigenvalue weighted by Crippen LogP contribution is 2.49. The molecule has 1 saturated carbocycles. The average Bonchev–Trinajstić information content (AvgIpc) is 2.82. The molecular formula is C10H17NOS2. The molecule has 0 aromatic heterocycles. The maximum atomic E-state index is 11.7. The third-order valence-corrected chi connectivity index (χ3v) is 6.80. The maximum Gasteiger partial charge on any atom is 0.157 e. The lowest BCUT2D eigenvalue weighted by Gasteiger charge is -2.30. The standard InChI is InChI=1S/C10H17NOS2/c1-7(12)10(13-4-5-14-10)9(11)6-8-2-3-8/h8-9H,2-6,11H2,1H3/t9-/m0/s1. The van der Waals surface area contributed by atoms with Gasteiger partial charge in [-0.1, -0.05) is 12.8 Å². The van der Waals surface area contributed by atoms with Crippen molar-refractivity contribution in [2.45, 2.75) is 36.3 Å². The molecule has 1 heterocycles. The molecule has 2 fully saturated rings. The van der Waals surface area contributed by atoms with Gasteiger partial charge in [-0.3, -0.25) is 4.79 Å². The summed E-state index contributed by atoms with van der Waals surface area (Å²) >= 11 is 3.53. The van der Waals surface area contributed by atoms with Crippen LogP contribution in [0.3, 0.4) is 0 Å². The van der Waals surface area contributed by atoms with Crippen molar-refractivity contribution in [2.75, 3.05) is 11.5 Å². The van der Waals surface area contributed by atoms with Gasteiger partial charge < -0.3 is 5.73 Å². The zero-order chi connectivity index (χ0) is 10.2. The summed E-state index contributed by atoms with van der Waals surface area (Å²) in [4.78, 5) is 11.7. The van der Waals surface area contributed by atoms with E-state index in [-0.39, 0.29) is 15.9 Å². The zero-order valence-electron chi connectivity index (χ0n) is 8.49. The molecule has 0 bridgehead atoms. The maximum absolute atomic E-state index is 11.7. The summed E-state index contributed by atoms with van der Waals surface area (Å²) < 4.78 is -0.303. The van der Waals surface area contributed by atoms with E-state index in [4.69, 9.17) is 5.73 Å². The predicted octanol–water partition coefficient (Wildman–Crippen LogP) is 1.88. The normalized spacial score (nSPS) is 27.6. The van der Waals surface area contributed by atoms with Crippen molar-refractivity contribution >= 4 is 29.3 Å². The summed E-state index contributed by atoms with van der Waals surface area (Å²) in [6.07, 6.45) is 3.67. The topological polar surface area (TPSA) is 43.1 Å². The smallest absolute Gasteiger partial charge is 0.157 e. The van der Waals surface area contributed by atoms with E-state index in [1.54, 1.807) is 30.4 Å². The first-order valence-corrected chi connectivity index (χ1v) is 7.17. The summed E-state index contributed by atoms with van der Waals surface area (Å²) in [6.45, 7) is 1.69. The third-order valence-electron chi connectivity index (χ3n) is 2.98. The van der Waals surface area contributed by atoms with Crippen molar-refractivity contribution < 1.29 is 4.79 Å². The van der Waals surface area contributed by atoms with Gasteiger partial charge in [0.2, 0.25) is 0 Å². The summed E-state index contributed by atoms with van der Waals surface area (Å²) in [7, 11) is 0. The van der Waals surface area contributed by atoms with Gasteiger partial charge in [0, 0.05) is 17.5 Å². The summed E-state index contributed by atoms with van der Waals surface area (Å²) in [5.41, 5.74) is 6.19. The minimum absolute atomic E-state index is 0.0602. The van der Waals surface area contributed by atoms with E-state index in [0.717, 1.165) is 23.8 Å². The van der Waals surface area contributed by atoms with E-state index in [9.17, 15) is 4.79 Å². The van der Waals surface area contributed by atoms with E-state index in [2.05, 4.69) is 0 Å². The first-order chi connectivity index (χ1) is 6.65. The predicted molar refractivity (Wildman–Crippen MR) is 63.6 cm³/mol. The lowest BCUT2D eigenvalue weighted by molar-refractivity contribution is -0.117. The van der Waals surface area contributed by atoms with Crippen LogP contribution in [0.1, 0.15) is 26.2 Å². The van der Waals surface area contributed by atoms with Crippen LogP contribution in [-0.4, -0.2) is 27.4 Å². The molecule has 1 saturated heterocycles. The van der Waals surface area contributed by atoms with Crippen LogP contribution < -0.4 is 5.73 Å². The van der Waals surface area contributed by atoms with Crippen molar-refractivity contribution in [3.63, 3.8) is 0 Å². The Morgan fingerprint density at radius 3 is 2.50 bits per heavy atom. The van der Waals surface area contributed by atoms with Crippen LogP contribution in [0.25, 0.3) is 0 Å². The summed E-state index contributed by atoms with van der Waals surface area (Å²) in [5, 5.41) is 0. The second kappa shape index (κ2) is 4.06. The highest BCUT2D eigenvalue weighted by molar-refractivity contribution is 8.22. The molecular weight excluding hydrogens is 214 g/mol. The van der Waals surface area contributed by atoms with Crippen molar-refractivity contribution in [3.8, 4) is 0 Å². The van der Waals surface area contributed by atoms with Gasteiger partial charge in [-0.2, -0.15) is 0 Å². The zero-order valence-corrected chi connectivity index (χ0v) is 10.1. The van der Waals surface area contributed by atoms with Crippen LogP contribution >= 0.6 is 23.5 Å². The van der Waals surface area contributed by atoms with E-state index in [0.29, 0.717) is 0 Å². The highest BCUT2D eigenvalue weighted by Gasteiger charge is 2.47. The molecule has 0 aromatic carbocycles. The van der Waals surface area contributed by atoms with Crippen molar-refractivity contribution in [3.05, 3.63) is 0 Å². The highest BCUT2D eigenvalue weighted by atomic mass is 32.2. The van der Waals surface area contributed by atoms with Gasteiger partial charge in [0.1, 0.15) is 4.08 Å². The van der Waals surface area contributed by atoms with E-state index in [1.165, 1.54) is 12.8 Å². The summed E-state index contributed by atoms with van der Waals surface area (Å²) in [6, 6.07) is 0.0602. The number of carbonyl (C=O) groups is 1. The summed E-state index contributed by atoms with van der Waals surface area (Å²) in [5.74, 6) is 3.21. The molecule has 2 nitrogen and oxygen atoms in total. The van der Waals surface area contributed by atoms with E-state index >= 15 is 0 Å². The van der Waals surface area contributed by atoms with Crippen LogP contribution in [0.15, 0.2) is 0 Å². The van der Waals surface area contributed by atoms with Gasteiger partial charge in [0.15, 0.2) is 5.78 Å². The van der Waals surface area contributed by atoms with E-state index in [1.807, 2.05) is 0 Å². The van der Waals surface area contributed by atoms with Gasteiger partial charge in [-0.15, -0.1) is 23.5 Å². The van der Waals surface area contributed by atoms with Crippen molar-refractivity contribution in [2.24, 2.45) is 11.7 Å². The van der Waals surface area contributed by atoms with E-state index < -0.39 is 0 Å². The minimum atomic E-state index is -0.303. The number of nitrogens with two attached hydrogens (primary N) is 1.